The van der Waals surface area contributed by atoms with E-state index in [2.05, 4.69) is 38.0 Å². The molecule has 1 aromatic rings. The summed E-state index contributed by atoms with van der Waals surface area (Å²) in [6.45, 7) is 6.29. The van der Waals surface area contributed by atoms with Crippen molar-refractivity contribution in [3.8, 4) is 0 Å². The molecule has 15 heavy (non-hydrogen) atoms. The second-order valence-electron chi connectivity index (χ2n) is 3.87. The predicted octanol–water partition coefficient (Wildman–Crippen LogP) is 2.65. The molecule has 0 saturated carbocycles. The van der Waals surface area contributed by atoms with Crippen LogP contribution in [-0.2, 0) is 6.54 Å². The lowest BCUT2D eigenvalue weighted by molar-refractivity contribution is 0.526. The van der Waals surface area contributed by atoms with Crippen molar-refractivity contribution in [3.63, 3.8) is 0 Å². The molecule has 0 aliphatic heterocycles. The number of hydrogen-bond acceptors (Lipinski definition) is 2. The molecule has 0 fully saturated rings. The fourth-order valence-electron chi connectivity index (χ4n) is 1.63. The Hall–Kier alpha value is -0.350. The van der Waals surface area contributed by atoms with Crippen LogP contribution in [0.4, 0.5) is 0 Å². The molecule has 0 bridgehead atoms. The van der Waals surface area contributed by atoms with Gasteiger partial charge in [0.25, 0.3) is 0 Å². The van der Waals surface area contributed by atoms with Crippen molar-refractivity contribution < 1.29 is 0 Å². The maximum Gasteiger partial charge on any atom is 0.0738 e. The molecule has 0 saturated heterocycles. The van der Waals surface area contributed by atoms with Gasteiger partial charge < -0.3 is 5.32 Å². The van der Waals surface area contributed by atoms with E-state index in [0.29, 0.717) is 0 Å². The maximum atomic E-state index is 4.48. The third kappa shape index (κ3) is 3.61. The number of halogens is 1. The van der Waals surface area contributed by atoms with Crippen LogP contribution in [-0.4, -0.2) is 23.4 Å². The van der Waals surface area contributed by atoms with Gasteiger partial charge in [-0.25, -0.2) is 0 Å². The monoisotopic (exact) mass is 273 g/mol. The van der Waals surface area contributed by atoms with Gasteiger partial charge in [0.05, 0.1) is 10.2 Å². The molecule has 1 rings (SSSR count). The van der Waals surface area contributed by atoms with E-state index in [1.165, 1.54) is 25.0 Å². The summed E-state index contributed by atoms with van der Waals surface area (Å²) in [5.41, 5.74) is 2.32. The van der Waals surface area contributed by atoms with Crippen LogP contribution in [0.1, 0.15) is 30.7 Å². The highest BCUT2D eigenvalue weighted by atomic mass is 79.9. The molecule has 86 valence electrons. The average Bonchev–Trinajstić information content (AvgIpc) is 2.46. The molecule has 1 heterocycles. The Morgan fingerprint density at radius 2 is 2.00 bits per heavy atom. The quantitative estimate of drug-likeness (QED) is 0.808. The van der Waals surface area contributed by atoms with E-state index in [1.807, 2.05) is 14.0 Å². The molecule has 0 atom stereocenters. The Labute approximate surface area is 100 Å². The third-order valence-electron chi connectivity index (χ3n) is 2.59. The normalized spacial score (nSPS) is 10.9. The molecule has 1 aromatic heterocycles. The van der Waals surface area contributed by atoms with Crippen molar-refractivity contribution in [2.24, 2.45) is 0 Å². The molecule has 3 nitrogen and oxygen atoms in total. The lowest BCUT2D eigenvalue weighted by Gasteiger charge is -2.04. The average molecular weight is 274 g/mol. The molecule has 0 aromatic carbocycles. The zero-order valence-corrected chi connectivity index (χ0v) is 11.4. The van der Waals surface area contributed by atoms with E-state index in [9.17, 15) is 0 Å². The molecule has 0 radical (unpaired) electrons. The first-order chi connectivity index (χ1) is 7.16. The van der Waals surface area contributed by atoms with Crippen molar-refractivity contribution in [2.75, 3.05) is 13.6 Å². The van der Waals surface area contributed by atoms with Gasteiger partial charge in [0, 0.05) is 12.2 Å². The van der Waals surface area contributed by atoms with Gasteiger partial charge >= 0.3 is 0 Å². The van der Waals surface area contributed by atoms with E-state index < -0.39 is 0 Å². The number of aromatic nitrogens is 2. The van der Waals surface area contributed by atoms with Crippen molar-refractivity contribution in [1.82, 2.24) is 15.1 Å². The molecule has 4 heteroatoms. The lowest BCUT2D eigenvalue weighted by Crippen LogP contribution is -2.08. The highest BCUT2D eigenvalue weighted by Gasteiger charge is 2.07. The minimum absolute atomic E-state index is 1.03. The summed E-state index contributed by atoms with van der Waals surface area (Å²) in [7, 11) is 2.00. The van der Waals surface area contributed by atoms with Crippen LogP contribution in [0.25, 0.3) is 0 Å². The molecule has 0 aliphatic carbocycles. The minimum Gasteiger partial charge on any atom is -0.320 e. The molecular formula is C11H20BrN3. The van der Waals surface area contributed by atoms with E-state index in [-0.39, 0.29) is 0 Å². The number of rotatable bonds is 6. The van der Waals surface area contributed by atoms with Crippen molar-refractivity contribution >= 4 is 15.9 Å². The minimum atomic E-state index is 1.03. The molecule has 0 aliphatic rings. The predicted molar refractivity (Wildman–Crippen MR) is 67.2 cm³/mol. The van der Waals surface area contributed by atoms with Crippen molar-refractivity contribution in [3.05, 3.63) is 15.9 Å². The molecule has 1 N–H and O–H groups in total. The van der Waals surface area contributed by atoms with E-state index in [1.54, 1.807) is 0 Å². The van der Waals surface area contributed by atoms with E-state index in [4.69, 9.17) is 0 Å². The topological polar surface area (TPSA) is 29.9 Å². The molecular weight excluding hydrogens is 254 g/mol. The Morgan fingerprint density at radius 1 is 1.27 bits per heavy atom. The van der Waals surface area contributed by atoms with Gasteiger partial charge in [-0.15, -0.1) is 0 Å². The largest absolute Gasteiger partial charge is 0.320 e. The van der Waals surface area contributed by atoms with Gasteiger partial charge in [-0.1, -0.05) is 6.42 Å². The summed E-state index contributed by atoms with van der Waals surface area (Å²) in [6, 6.07) is 0. The fourth-order valence-corrected chi connectivity index (χ4v) is 1.92. The third-order valence-corrected chi connectivity index (χ3v) is 3.74. The van der Waals surface area contributed by atoms with Crippen LogP contribution in [0.3, 0.4) is 0 Å². The highest BCUT2D eigenvalue weighted by Crippen LogP contribution is 2.19. The summed E-state index contributed by atoms with van der Waals surface area (Å²) < 4.78 is 3.25. The summed E-state index contributed by atoms with van der Waals surface area (Å²) in [4.78, 5) is 0. The van der Waals surface area contributed by atoms with Crippen LogP contribution >= 0.6 is 15.9 Å². The van der Waals surface area contributed by atoms with Crippen LogP contribution in [0.5, 0.6) is 0 Å². The zero-order valence-electron chi connectivity index (χ0n) is 9.81. The number of aryl methyl sites for hydroxylation is 2. The Bertz CT molecular complexity index is 307. The van der Waals surface area contributed by atoms with E-state index >= 15 is 0 Å². The zero-order chi connectivity index (χ0) is 11.3. The highest BCUT2D eigenvalue weighted by molar-refractivity contribution is 9.10. The van der Waals surface area contributed by atoms with Crippen LogP contribution < -0.4 is 5.32 Å². The van der Waals surface area contributed by atoms with Crippen molar-refractivity contribution in [2.45, 2.75) is 39.7 Å². The summed E-state index contributed by atoms with van der Waals surface area (Å²) in [5, 5.41) is 7.64. The van der Waals surface area contributed by atoms with Gasteiger partial charge in [0.2, 0.25) is 0 Å². The smallest absolute Gasteiger partial charge is 0.0738 e. The first-order valence-corrected chi connectivity index (χ1v) is 6.30. The Morgan fingerprint density at radius 3 is 2.53 bits per heavy atom. The molecule has 0 spiro atoms. The van der Waals surface area contributed by atoms with Crippen LogP contribution in [0, 0.1) is 13.8 Å². The Balaban J connectivity index is 2.34. The van der Waals surface area contributed by atoms with Gasteiger partial charge in [-0.2, -0.15) is 5.10 Å². The number of unbranched alkanes of at least 4 members (excludes halogenated alkanes) is 2. The molecule has 0 unspecified atom stereocenters. The second-order valence-corrected chi connectivity index (χ2v) is 4.67. The number of nitrogens with one attached hydrogen (secondary N) is 1. The summed E-state index contributed by atoms with van der Waals surface area (Å²) >= 11 is 3.54. The summed E-state index contributed by atoms with van der Waals surface area (Å²) in [5.74, 6) is 0. The lowest BCUT2D eigenvalue weighted by atomic mass is 10.2. The number of hydrogen-bond donors (Lipinski definition) is 1. The van der Waals surface area contributed by atoms with Gasteiger partial charge in [0.15, 0.2) is 0 Å². The standard InChI is InChI=1S/C11H20BrN3/c1-9-11(12)10(2)15(14-9)8-6-4-5-7-13-3/h13H,4-8H2,1-3H3. The fraction of sp³-hybridized carbons (Fsp3) is 0.727. The summed E-state index contributed by atoms with van der Waals surface area (Å²) in [6.07, 6.45) is 3.71. The van der Waals surface area contributed by atoms with Gasteiger partial charge in [-0.3, -0.25) is 4.68 Å². The SMILES string of the molecule is CNCCCCCn1nc(C)c(Br)c1C. The van der Waals surface area contributed by atoms with Crippen LogP contribution in [0.2, 0.25) is 0 Å². The van der Waals surface area contributed by atoms with Gasteiger partial charge in [-0.05, 0) is 56.2 Å². The number of nitrogens with zero attached hydrogens (tertiary/aromatic N) is 2. The Kier molecular flexibility index (Phi) is 5.32. The first-order valence-electron chi connectivity index (χ1n) is 5.51. The van der Waals surface area contributed by atoms with Crippen molar-refractivity contribution in [1.29, 1.82) is 0 Å². The van der Waals surface area contributed by atoms with E-state index in [0.717, 1.165) is 23.3 Å². The second kappa shape index (κ2) is 6.28. The first kappa shape index (κ1) is 12.7. The molecule has 0 amide bonds. The van der Waals surface area contributed by atoms with Gasteiger partial charge in [0.1, 0.15) is 0 Å². The maximum absolute atomic E-state index is 4.48. The van der Waals surface area contributed by atoms with Crippen LogP contribution in [0.15, 0.2) is 4.47 Å².